The summed E-state index contributed by atoms with van der Waals surface area (Å²) in [6.07, 6.45) is 9.66. The van der Waals surface area contributed by atoms with E-state index in [2.05, 4.69) is 38.2 Å². The highest BCUT2D eigenvalue weighted by molar-refractivity contribution is 6.29. The van der Waals surface area contributed by atoms with E-state index in [9.17, 15) is 24.9 Å². The highest BCUT2D eigenvalue weighted by Gasteiger charge is 2.64. The van der Waals surface area contributed by atoms with Crippen LogP contribution >= 0.6 is 0 Å². The van der Waals surface area contributed by atoms with Crippen molar-refractivity contribution in [2.75, 3.05) is 0 Å². The van der Waals surface area contributed by atoms with E-state index in [4.69, 9.17) is 0 Å². The Labute approximate surface area is 214 Å². The Hall–Kier alpha value is -1.92. The summed E-state index contributed by atoms with van der Waals surface area (Å²) < 4.78 is 0. The highest BCUT2D eigenvalue weighted by atomic mass is 16.3. The first kappa shape index (κ1) is 25.7. The summed E-state index contributed by atoms with van der Waals surface area (Å²) in [5.74, 6) is -1.41. The van der Waals surface area contributed by atoms with Crippen molar-refractivity contribution in [3.8, 4) is 0 Å². The summed E-state index contributed by atoms with van der Waals surface area (Å²) in [5.41, 5.74) is -1.68. The number of carbonyl (C=O) groups excluding carboxylic acids is 2. The maximum atomic E-state index is 14.4. The summed E-state index contributed by atoms with van der Waals surface area (Å²) in [7, 11) is 0. The minimum Gasteiger partial charge on any atom is -0.511 e. The van der Waals surface area contributed by atoms with Crippen LogP contribution in [0, 0.1) is 40.4 Å². The summed E-state index contributed by atoms with van der Waals surface area (Å²) in [5, 5.41) is 37.6. The molecule has 1 saturated heterocycles. The lowest BCUT2D eigenvalue weighted by atomic mass is 9.53. The maximum Gasteiger partial charge on any atom is 0.259 e. The van der Waals surface area contributed by atoms with E-state index in [0.717, 1.165) is 19.3 Å². The monoisotopic (exact) mass is 497 g/mol. The third kappa shape index (κ3) is 3.36. The van der Waals surface area contributed by atoms with Crippen molar-refractivity contribution in [1.29, 1.82) is 0 Å². The lowest BCUT2D eigenvalue weighted by Gasteiger charge is -2.52. The van der Waals surface area contributed by atoms with Crippen LogP contribution in [0.2, 0.25) is 0 Å². The Balaban J connectivity index is 1.76. The molecule has 36 heavy (non-hydrogen) atoms. The summed E-state index contributed by atoms with van der Waals surface area (Å²) in [6, 6.07) is 0. The van der Waals surface area contributed by atoms with Crippen molar-refractivity contribution in [2.24, 2.45) is 40.4 Å². The van der Waals surface area contributed by atoms with Gasteiger partial charge in [-0.25, -0.2) is 0 Å². The van der Waals surface area contributed by atoms with Crippen LogP contribution in [-0.2, 0) is 9.59 Å². The number of Topliss-reactive ketones (excluding diaryl/α,β-unsaturated/α-hetero) is 1. The van der Waals surface area contributed by atoms with Crippen molar-refractivity contribution >= 4 is 11.7 Å². The van der Waals surface area contributed by atoms with Crippen LogP contribution in [0.1, 0.15) is 79.6 Å². The van der Waals surface area contributed by atoms with Gasteiger partial charge >= 0.3 is 0 Å². The molecule has 0 aromatic rings. The lowest BCUT2D eigenvalue weighted by Crippen LogP contribution is -2.61. The number of carbonyl (C=O) groups is 2. The molecule has 198 valence electrons. The first-order valence-corrected chi connectivity index (χ1v) is 13.9. The Morgan fingerprint density at radius 1 is 1.08 bits per heavy atom. The molecule has 1 heterocycles. The molecule has 1 amide bonds. The van der Waals surface area contributed by atoms with Gasteiger partial charge in [0.1, 0.15) is 16.9 Å². The van der Waals surface area contributed by atoms with Crippen molar-refractivity contribution in [1.82, 2.24) is 5.32 Å². The van der Waals surface area contributed by atoms with Crippen LogP contribution < -0.4 is 5.32 Å². The fourth-order valence-corrected chi connectivity index (χ4v) is 8.64. The first-order chi connectivity index (χ1) is 16.9. The molecule has 5 aliphatic rings. The number of nitrogens with one attached hydrogen (secondary N) is 1. The van der Waals surface area contributed by atoms with Crippen LogP contribution in [0.5, 0.6) is 0 Å². The molecule has 6 heteroatoms. The van der Waals surface area contributed by atoms with Gasteiger partial charge in [-0.05, 0) is 62.7 Å². The molecule has 0 radical (unpaired) electrons. The van der Waals surface area contributed by atoms with E-state index in [1.165, 1.54) is 5.57 Å². The van der Waals surface area contributed by atoms with Gasteiger partial charge in [0.25, 0.3) is 5.91 Å². The van der Waals surface area contributed by atoms with Crippen LogP contribution in [0.4, 0.5) is 0 Å². The van der Waals surface area contributed by atoms with Gasteiger partial charge in [-0.2, -0.15) is 0 Å². The second-order valence-corrected chi connectivity index (χ2v) is 13.0. The average molecular weight is 498 g/mol. The zero-order valence-electron chi connectivity index (χ0n) is 22.4. The summed E-state index contributed by atoms with van der Waals surface area (Å²) >= 11 is 0. The largest absolute Gasteiger partial charge is 0.511 e. The first-order valence-electron chi connectivity index (χ1n) is 13.9. The number of allylic oxidation sites excluding steroid dienone is 3. The molecule has 10 atom stereocenters. The second-order valence-electron chi connectivity index (χ2n) is 13.0. The molecular weight excluding hydrogens is 454 g/mol. The van der Waals surface area contributed by atoms with Crippen molar-refractivity contribution in [3.05, 3.63) is 35.1 Å². The topological polar surface area (TPSA) is 107 Å². The van der Waals surface area contributed by atoms with Gasteiger partial charge in [0, 0.05) is 16.7 Å². The normalized spacial score (nSPS) is 50.9. The predicted molar refractivity (Wildman–Crippen MR) is 138 cm³/mol. The quantitative estimate of drug-likeness (QED) is 0.318. The molecule has 1 spiro atoms. The van der Waals surface area contributed by atoms with E-state index in [-0.39, 0.29) is 46.7 Å². The second kappa shape index (κ2) is 8.56. The predicted octanol–water partition coefficient (Wildman–Crippen LogP) is 4.38. The average Bonchev–Trinajstić information content (AvgIpc) is 3.07. The molecule has 1 aliphatic heterocycles. The highest BCUT2D eigenvalue weighted by Crippen LogP contribution is 2.59. The molecule has 0 aromatic carbocycles. The van der Waals surface area contributed by atoms with Crippen molar-refractivity contribution in [2.45, 2.75) is 97.3 Å². The number of hydrogen-bond acceptors (Lipinski definition) is 5. The third-order valence-electron chi connectivity index (χ3n) is 11.1. The van der Waals surface area contributed by atoms with Gasteiger partial charge in [0.2, 0.25) is 0 Å². The summed E-state index contributed by atoms with van der Waals surface area (Å²) in [4.78, 5) is 28.1. The molecular formula is C30H43NO5. The number of fused-ring (bicyclic) bond motifs is 4. The van der Waals surface area contributed by atoms with Gasteiger partial charge in [-0.1, -0.05) is 64.3 Å². The molecule has 6 nitrogen and oxygen atoms in total. The van der Waals surface area contributed by atoms with Crippen LogP contribution in [-0.4, -0.2) is 44.8 Å². The summed E-state index contributed by atoms with van der Waals surface area (Å²) in [6.45, 7) is 10.2. The minimum atomic E-state index is -1.15. The van der Waals surface area contributed by atoms with Crippen LogP contribution in [0.15, 0.2) is 35.1 Å². The zero-order chi connectivity index (χ0) is 26.2. The SMILES string of the molecule is CC[C@@H]1C[C@@]2(C)C=C(C)[C@@H](C)C[C@@]23NC(=O)/C(=C(/O)[C@@]2(C)[C@@H]4CCC[C@H](O)[C@H]4C=C[C@H]2C[C@H]1O)C3=O. The minimum absolute atomic E-state index is 0.0642. The maximum absolute atomic E-state index is 14.4. The molecule has 1 saturated carbocycles. The fraction of sp³-hybridized carbons (Fsp3) is 0.733. The van der Waals surface area contributed by atoms with Gasteiger partial charge in [0.15, 0.2) is 5.78 Å². The van der Waals surface area contributed by atoms with Crippen molar-refractivity contribution < 1.29 is 24.9 Å². The Morgan fingerprint density at radius 2 is 1.81 bits per heavy atom. The van der Waals surface area contributed by atoms with Gasteiger partial charge < -0.3 is 20.6 Å². The Bertz CT molecular complexity index is 1060. The number of amides is 1. The Morgan fingerprint density at radius 3 is 2.50 bits per heavy atom. The Kier molecular flexibility index (Phi) is 6.11. The van der Waals surface area contributed by atoms with Crippen molar-refractivity contribution in [3.63, 3.8) is 0 Å². The zero-order valence-corrected chi connectivity index (χ0v) is 22.4. The third-order valence-corrected chi connectivity index (χ3v) is 11.1. The molecule has 0 aromatic heterocycles. The molecule has 4 N–H and O–H groups in total. The van der Waals surface area contributed by atoms with Gasteiger partial charge in [-0.15, -0.1) is 0 Å². The van der Waals surface area contributed by atoms with Gasteiger partial charge in [-0.3, -0.25) is 9.59 Å². The number of aliphatic hydroxyl groups is 3. The van der Waals surface area contributed by atoms with Crippen LogP contribution in [0.25, 0.3) is 0 Å². The standard InChI is InChI=1S/C30H43NO5/c1-6-18-15-28(4)13-16(2)17(3)14-30(28)26(35)24(27(36)31-30)25(34)29(5)19(12-23(18)33)10-11-20-21(29)8-7-9-22(20)32/h10-11,13,17-23,32-34H,6-9,12,14-15H2,1-5H3,(H,31,36)/b25-24+/t17-,18+,19-,20-,21+,22-,23+,28+,29+,30-/m0/s1. The lowest BCUT2D eigenvalue weighted by molar-refractivity contribution is -0.126. The molecule has 5 rings (SSSR count). The van der Waals surface area contributed by atoms with E-state index in [0.29, 0.717) is 25.7 Å². The molecule has 0 unspecified atom stereocenters. The number of aliphatic hydroxyl groups excluding tert-OH is 3. The molecule has 4 aliphatic carbocycles. The smallest absolute Gasteiger partial charge is 0.259 e. The number of rotatable bonds is 1. The molecule has 2 bridgehead atoms. The van der Waals surface area contributed by atoms with E-state index >= 15 is 0 Å². The van der Waals surface area contributed by atoms with E-state index < -0.39 is 34.5 Å². The van der Waals surface area contributed by atoms with E-state index in [1.54, 1.807) is 0 Å². The fourth-order valence-electron chi connectivity index (χ4n) is 8.64. The van der Waals surface area contributed by atoms with Crippen LogP contribution in [0.3, 0.4) is 0 Å². The van der Waals surface area contributed by atoms with Gasteiger partial charge in [0.05, 0.1) is 12.2 Å². The van der Waals surface area contributed by atoms with E-state index in [1.807, 2.05) is 19.9 Å². The molecule has 2 fully saturated rings. The number of hydrogen-bond donors (Lipinski definition) is 4. The number of ketones is 1.